The minimum Gasteiger partial charge on any atom is -0.467 e. The van der Waals surface area contributed by atoms with Gasteiger partial charge in [0.25, 0.3) is 5.91 Å². The lowest BCUT2D eigenvalue weighted by molar-refractivity contribution is -0.124. The third-order valence-corrected chi connectivity index (χ3v) is 3.17. The van der Waals surface area contributed by atoms with E-state index in [4.69, 9.17) is 9.15 Å². The smallest absolute Gasteiger partial charge is 0.338 e. The maximum Gasteiger partial charge on any atom is 0.338 e. The molecule has 0 spiro atoms. The Morgan fingerprint density at radius 1 is 1.20 bits per heavy atom. The zero-order valence-electron chi connectivity index (χ0n) is 10.5. The molecule has 1 amide bonds. The van der Waals surface area contributed by atoms with E-state index in [0.717, 1.165) is 3.57 Å². The van der Waals surface area contributed by atoms with Gasteiger partial charge in [0.2, 0.25) is 0 Å². The Bertz CT molecular complexity index is 578. The first-order valence-electron chi connectivity index (χ1n) is 5.87. The number of hydrogen-bond donors (Lipinski definition) is 1. The molecule has 104 valence electrons. The lowest BCUT2D eigenvalue weighted by atomic mass is 10.2. The molecule has 2 aromatic rings. The van der Waals surface area contributed by atoms with Gasteiger partial charge in [-0.05, 0) is 59.0 Å². The highest BCUT2D eigenvalue weighted by molar-refractivity contribution is 14.1. The van der Waals surface area contributed by atoms with Gasteiger partial charge in [0.1, 0.15) is 5.76 Å². The summed E-state index contributed by atoms with van der Waals surface area (Å²) in [4.78, 5) is 23.2. The molecule has 0 aliphatic rings. The van der Waals surface area contributed by atoms with Crippen molar-refractivity contribution in [3.05, 3.63) is 57.6 Å². The van der Waals surface area contributed by atoms with Gasteiger partial charge in [0.05, 0.1) is 18.4 Å². The number of hydrogen-bond acceptors (Lipinski definition) is 4. The predicted octanol–water partition coefficient (Wildman–Crippen LogP) is 2.36. The Morgan fingerprint density at radius 2 is 1.95 bits per heavy atom. The molecule has 0 fully saturated rings. The van der Waals surface area contributed by atoms with Crippen LogP contribution >= 0.6 is 22.6 Å². The van der Waals surface area contributed by atoms with E-state index in [2.05, 4.69) is 27.9 Å². The van der Waals surface area contributed by atoms with Crippen molar-refractivity contribution in [2.24, 2.45) is 0 Å². The van der Waals surface area contributed by atoms with Crippen LogP contribution in [0.2, 0.25) is 0 Å². The lowest BCUT2D eigenvalue weighted by Crippen LogP contribution is -2.28. The number of benzene rings is 1. The topological polar surface area (TPSA) is 68.5 Å². The zero-order valence-corrected chi connectivity index (χ0v) is 12.6. The maximum absolute atomic E-state index is 11.7. The monoisotopic (exact) mass is 385 g/mol. The fourth-order valence-corrected chi connectivity index (χ4v) is 1.81. The van der Waals surface area contributed by atoms with E-state index in [9.17, 15) is 9.59 Å². The van der Waals surface area contributed by atoms with Gasteiger partial charge in [-0.25, -0.2) is 4.79 Å². The number of esters is 1. The van der Waals surface area contributed by atoms with Gasteiger partial charge in [-0.3, -0.25) is 4.79 Å². The van der Waals surface area contributed by atoms with Crippen molar-refractivity contribution < 1.29 is 18.7 Å². The zero-order chi connectivity index (χ0) is 14.4. The number of carbonyl (C=O) groups excluding carboxylic acids is 2. The Kier molecular flexibility index (Phi) is 5.16. The maximum atomic E-state index is 11.7. The summed E-state index contributed by atoms with van der Waals surface area (Å²) in [7, 11) is 0. The molecule has 0 saturated carbocycles. The predicted molar refractivity (Wildman–Crippen MR) is 80.0 cm³/mol. The van der Waals surface area contributed by atoms with Crippen molar-refractivity contribution in [2.45, 2.75) is 6.54 Å². The molecule has 5 nitrogen and oxygen atoms in total. The Balaban J connectivity index is 1.75. The first-order chi connectivity index (χ1) is 9.65. The standard InChI is InChI=1S/C14H12INO4/c15-11-5-3-10(4-6-11)14(18)20-9-13(17)16-8-12-2-1-7-19-12/h1-7H,8-9H2,(H,16,17). The summed E-state index contributed by atoms with van der Waals surface area (Å²) >= 11 is 2.14. The van der Waals surface area contributed by atoms with Crippen molar-refractivity contribution in [3.63, 3.8) is 0 Å². The van der Waals surface area contributed by atoms with Crippen LogP contribution in [0.25, 0.3) is 0 Å². The van der Waals surface area contributed by atoms with Gasteiger partial charge in [-0.2, -0.15) is 0 Å². The van der Waals surface area contributed by atoms with Gasteiger partial charge in [-0.15, -0.1) is 0 Å². The highest BCUT2D eigenvalue weighted by Gasteiger charge is 2.10. The number of amides is 1. The summed E-state index contributed by atoms with van der Waals surface area (Å²) in [6.45, 7) is -0.0432. The second kappa shape index (κ2) is 7.09. The van der Waals surface area contributed by atoms with Crippen LogP contribution in [0.3, 0.4) is 0 Å². The third-order valence-electron chi connectivity index (χ3n) is 2.45. The highest BCUT2D eigenvalue weighted by Crippen LogP contribution is 2.07. The molecule has 0 unspecified atom stereocenters. The van der Waals surface area contributed by atoms with Crippen LogP contribution in [-0.2, 0) is 16.1 Å². The van der Waals surface area contributed by atoms with Gasteiger partial charge in [-0.1, -0.05) is 0 Å². The molecular weight excluding hydrogens is 373 g/mol. The molecule has 1 N–H and O–H groups in total. The second-order valence-corrected chi connectivity index (χ2v) is 5.18. The van der Waals surface area contributed by atoms with E-state index in [1.54, 1.807) is 36.4 Å². The number of carbonyl (C=O) groups is 2. The molecule has 0 bridgehead atoms. The average molecular weight is 385 g/mol. The van der Waals surface area contributed by atoms with E-state index in [1.165, 1.54) is 6.26 Å². The number of nitrogens with one attached hydrogen (secondary N) is 1. The molecule has 0 saturated heterocycles. The van der Waals surface area contributed by atoms with E-state index in [0.29, 0.717) is 11.3 Å². The quantitative estimate of drug-likeness (QED) is 0.634. The van der Waals surface area contributed by atoms with Crippen molar-refractivity contribution in [1.29, 1.82) is 0 Å². The fourth-order valence-electron chi connectivity index (χ4n) is 1.45. The Labute approximate surface area is 129 Å². The summed E-state index contributed by atoms with van der Waals surface area (Å²) in [5, 5.41) is 2.59. The van der Waals surface area contributed by atoms with Crippen LogP contribution < -0.4 is 5.32 Å². The highest BCUT2D eigenvalue weighted by atomic mass is 127. The van der Waals surface area contributed by atoms with Crippen LogP contribution in [0.5, 0.6) is 0 Å². The van der Waals surface area contributed by atoms with Gasteiger partial charge < -0.3 is 14.5 Å². The summed E-state index contributed by atoms with van der Waals surface area (Å²) in [6.07, 6.45) is 1.53. The Hall–Kier alpha value is -1.83. The van der Waals surface area contributed by atoms with E-state index in [1.807, 2.05) is 0 Å². The van der Waals surface area contributed by atoms with Crippen LogP contribution in [-0.4, -0.2) is 18.5 Å². The molecule has 2 rings (SSSR count). The number of ether oxygens (including phenoxy) is 1. The molecule has 0 aliphatic heterocycles. The van der Waals surface area contributed by atoms with Crippen molar-refractivity contribution in [3.8, 4) is 0 Å². The molecule has 1 aromatic heterocycles. The van der Waals surface area contributed by atoms with Gasteiger partial charge >= 0.3 is 5.97 Å². The first kappa shape index (κ1) is 14.6. The molecule has 0 radical (unpaired) electrons. The minimum atomic E-state index is -0.519. The molecule has 20 heavy (non-hydrogen) atoms. The lowest BCUT2D eigenvalue weighted by Gasteiger charge is -2.05. The molecule has 0 aliphatic carbocycles. The van der Waals surface area contributed by atoms with Crippen molar-refractivity contribution in [2.75, 3.05) is 6.61 Å². The average Bonchev–Trinajstić information content (AvgIpc) is 2.96. The molecular formula is C14H12INO4. The van der Waals surface area contributed by atoms with Crippen LogP contribution in [0.1, 0.15) is 16.1 Å². The van der Waals surface area contributed by atoms with Gasteiger partial charge in [0.15, 0.2) is 6.61 Å². The molecule has 1 aromatic carbocycles. The first-order valence-corrected chi connectivity index (χ1v) is 6.95. The summed E-state index contributed by atoms with van der Waals surface area (Å²) in [5.74, 6) is -0.253. The minimum absolute atomic E-state index is 0.271. The van der Waals surface area contributed by atoms with Crippen molar-refractivity contribution >= 4 is 34.5 Å². The normalized spacial score (nSPS) is 10.1. The third kappa shape index (κ3) is 4.37. The fraction of sp³-hybridized carbons (Fsp3) is 0.143. The summed E-state index contributed by atoms with van der Waals surface area (Å²) in [5.41, 5.74) is 0.421. The van der Waals surface area contributed by atoms with E-state index in [-0.39, 0.29) is 19.1 Å². The number of halogens is 1. The van der Waals surface area contributed by atoms with Gasteiger partial charge in [0, 0.05) is 3.57 Å². The number of furan rings is 1. The second-order valence-electron chi connectivity index (χ2n) is 3.94. The molecule has 0 atom stereocenters. The SMILES string of the molecule is O=C(COC(=O)c1ccc(I)cc1)NCc1ccco1. The summed E-state index contributed by atoms with van der Waals surface area (Å²) < 4.78 is 11.0. The molecule has 1 heterocycles. The number of rotatable bonds is 5. The van der Waals surface area contributed by atoms with E-state index < -0.39 is 5.97 Å². The van der Waals surface area contributed by atoms with E-state index >= 15 is 0 Å². The Morgan fingerprint density at radius 3 is 2.60 bits per heavy atom. The van der Waals surface area contributed by atoms with Crippen LogP contribution in [0.15, 0.2) is 47.1 Å². The van der Waals surface area contributed by atoms with Crippen molar-refractivity contribution in [1.82, 2.24) is 5.32 Å². The van der Waals surface area contributed by atoms with Crippen LogP contribution in [0, 0.1) is 3.57 Å². The largest absolute Gasteiger partial charge is 0.467 e. The van der Waals surface area contributed by atoms with Crippen LogP contribution in [0.4, 0.5) is 0 Å². The molecule has 6 heteroatoms. The summed E-state index contributed by atoms with van der Waals surface area (Å²) in [6, 6.07) is 10.4.